The van der Waals surface area contributed by atoms with E-state index in [1.807, 2.05) is 30.3 Å². The van der Waals surface area contributed by atoms with Crippen LogP contribution in [0, 0.1) is 0 Å². The Balaban J connectivity index is 1.13. The zero-order chi connectivity index (χ0) is 38.8. The number of fused-ring (bicyclic) bond motifs is 6. The average Bonchev–Trinajstić information content (AvgIpc) is 3.77. The van der Waals surface area contributed by atoms with Gasteiger partial charge in [0.2, 0.25) is 0 Å². The van der Waals surface area contributed by atoms with Crippen molar-refractivity contribution in [3.8, 4) is 78.4 Å². The van der Waals surface area contributed by atoms with E-state index >= 15 is 0 Å². The fourth-order valence-corrected chi connectivity index (χ4v) is 8.93. The minimum Gasteiger partial charge on any atom is -0.456 e. The number of rotatable bonds is 6. The minimum absolute atomic E-state index is 0.129. The van der Waals surface area contributed by atoms with Crippen molar-refractivity contribution in [1.29, 1.82) is 0 Å². The van der Waals surface area contributed by atoms with E-state index < -0.39 is 0 Å². The Bertz CT molecular complexity index is 3190. The molecule has 3 heteroatoms. The molecule has 0 fully saturated rings. The largest absolute Gasteiger partial charge is 0.456 e. The van der Waals surface area contributed by atoms with Gasteiger partial charge in [-0.15, -0.1) is 0 Å². The molecule has 3 nitrogen and oxygen atoms in total. The molecule has 0 atom stereocenters. The molecule has 0 aliphatic heterocycles. The number of para-hydroxylation sites is 1. The Morgan fingerprint density at radius 3 is 1.71 bits per heavy atom. The quantitative estimate of drug-likeness (QED) is 0.170. The third-order valence-corrected chi connectivity index (χ3v) is 11.9. The van der Waals surface area contributed by atoms with E-state index in [1.165, 1.54) is 33.4 Å². The highest BCUT2D eigenvalue weighted by molar-refractivity contribution is 6.06. The van der Waals surface area contributed by atoms with Crippen LogP contribution in [0.3, 0.4) is 0 Å². The summed E-state index contributed by atoms with van der Waals surface area (Å²) in [6.45, 7) is 4.65. The summed E-state index contributed by atoms with van der Waals surface area (Å²) in [7, 11) is 0. The van der Waals surface area contributed by atoms with E-state index in [0.717, 1.165) is 72.3 Å². The predicted molar refractivity (Wildman–Crippen MR) is 239 cm³/mol. The Kier molecular flexibility index (Phi) is 7.84. The van der Waals surface area contributed by atoms with Crippen molar-refractivity contribution in [3.63, 3.8) is 0 Å². The molecule has 0 N–H and O–H groups in total. The van der Waals surface area contributed by atoms with Crippen LogP contribution in [-0.4, -0.2) is 9.97 Å². The predicted octanol–water partition coefficient (Wildman–Crippen LogP) is 14.7. The van der Waals surface area contributed by atoms with Crippen molar-refractivity contribution in [2.24, 2.45) is 0 Å². The minimum atomic E-state index is -0.129. The van der Waals surface area contributed by atoms with Crippen LogP contribution in [0.4, 0.5) is 0 Å². The smallest absolute Gasteiger partial charge is 0.160 e. The van der Waals surface area contributed by atoms with Gasteiger partial charge in [-0.1, -0.05) is 159 Å². The first kappa shape index (κ1) is 33.9. The van der Waals surface area contributed by atoms with Gasteiger partial charge in [-0.3, -0.25) is 0 Å². The summed E-state index contributed by atoms with van der Waals surface area (Å²) >= 11 is 0. The number of aromatic nitrogens is 2. The van der Waals surface area contributed by atoms with E-state index in [2.05, 4.69) is 178 Å². The van der Waals surface area contributed by atoms with Gasteiger partial charge < -0.3 is 4.42 Å². The second-order valence-corrected chi connectivity index (χ2v) is 15.8. The molecule has 1 aliphatic carbocycles. The van der Waals surface area contributed by atoms with Crippen LogP contribution >= 0.6 is 0 Å². The Morgan fingerprint density at radius 1 is 0.345 bits per heavy atom. The fourth-order valence-electron chi connectivity index (χ4n) is 8.93. The van der Waals surface area contributed by atoms with Crippen LogP contribution < -0.4 is 0 Å². The lowest BCUT2D eigenvalue weighted by atomic mass is 9.82. The summed E-state index contributed by atoms with van der Waals surface area (Å²) in [5.41, 5.74) is 18.5. The molecule has 1 aliphatic rings. The topological polar surface area (TPSA) is 38.9 Å². The van der Waals surface area contributed by atoms with Crippen LogP contribution in [-0.2, 0) is 5.41 Å². The maximum absolute atomic E-state index is 6.40. The van der Waals surface area contributed by atoms with Crippen LogP contribution in [0.5, 0.6) is 0 Å². The zero-order valence-corrected chi connectivity index (χ0v) is 32.3. The monoisotopic (exact) mass is 742 g/mol. The van der Waals surface area contributed by atoms with E-state index in [0.29, 0.717) is 5.82 Å². The lowest BCUT2D eigenvalue weighted by Gasteiger charge is -2.22. The van der Waals surface area contributed by atoms with Crippen molar-refractivity contribution >= 4 is 21.9 Å². The highest BCUT2D eigenvalue weighted by atomic mass is 16.3. The molecule has 0 bridgehead atoms. The van der Waals surface area contributed by atoms with Crippen LogP contribution in [0.2, 0.25) is 0 Å². The fraction of sp³-hybridized carbons (Fsp3) is 0.0545. The zero-order valence-electron chi connectivity index (χ0n) is 32.3. The number of nitrogens with zero attached hydrogens (tertiary/aromatic N) is 2. The molecule has 58 heavy (non-hydrogen) atoms. The third kappa shape index (κ3) is 5.66. The van der Waals surface area contributed by atoms with Crippen molar-refractivity contribution in [1.82, 2.24) is 9.97 Å². The number of hydrogen-bond acceptors (Lipinski definition) is 3. The van der Waals surface area contributed by atoms with Crippen molar-refractivity contribution < 1.29 is 4.42 Å². The van der Waals surface area contributed by atoms with E-state index in [4.69, 9.17) is 14.4 Å². The number of benzene rings is 8. The maximum atomic E-state index is 6.40. The van der Waals surface area contributed by atoms with Gasteiger partial charge >= 0.3 is 0 Å². The van der Waals surface area contributed by atoms with Gasteiger partial charge in [0.05, 0.1) is 11.4 Å². The van der Waals surface area contributed by atoms with Crippen LogP contribution in [0.15, 0.2) is 199 Å². The number of furan rings is 1. The molecule has 0 saturated carbocycles. The first-order valence-corrected chi connectivity index (χ1v) is 19.9. The molecule has 2 heterocycles. The van der Waals surface area contributed by atoms with Gasteiger partial charge in [0.15, 0.2) is 5.82 Å². The normalized spacial score (nSPS) is 12.8. The van der Waals surface area contributed by atoms with Crippen LogP contribution in [0.25, 0.3) is 100 Å². The molecule has 0 spiro atoms. The van der Waals surface area contributed by atoms with Gasteiger partial charge in [0, 0.05) is 32.9 Å². The van der Waals surface area contributed by atoms with E-state index in [-0.39, 0.29) is 5.41 Å². The van der Waals surface area contributed by atoms with Crippen molar-refractivity contribution in [3.05, 3.63) is 205 Å². The number of hydrogen-bond donors (Lipinski definition) is 0. The Labute approximate surface area is 338 Å². The molecule has 0 amide bonds. The first-order chi connectivity index (χ1) is 28.5. The van der Waals surface area contributed by atoms with Gasteiger partial charge in [0.25, 0.3) is 0 Å². The van der Waals surface area contributed by atoms with Gasteiger partial charge in [0.1, 0.15) is 11.2 Å². The lowest BCUT2D eigenvalue weighted by Crippen LogP contribution is -2.14. The summed E-state index contributed by atoms with van der Waals surface area (Å²) in [4.78, 5) is 10.6. The summed E-state index contributed by atoms with van der Waals surface area (Å²) in [5.74, 6) is 0.691. The standard InChI is InChI=1S/C55H38N2O/c1-55(2)48-23-13-11-21-44(48)45-27-26-38(32-49(45)55)50-34-51(57-54(56-50)36-17-7-4-8-18-36)41-30-39(37-25-28-47-46-22-12-14-24-52(46)58-53(47)33-37)29-40(31-41)43-20-10-9-19-42(43)35-15-5-3-6-16-35/h3-34H,1-2H3. The van der Waals surface area contributed by atoms with Crippen molar-refractivity contribution in [2.75, 3.05) is 0 Å². The molecular weight excluding hydrogens is 705 g/mol. The average molecular weight is 743 g/mol. The van der Waals surface area contributed by atoms with Crippen LogP contribution in [0.1, 0.15) is 25.0 Å². The molecule has 8 aromatic carbocycles. The highest BCUT2D eigenvalue weighted by Crippen LogP contribution is 2.49. The Morgan fingerprint density at radius 2 is 0.914 bits per heavy atom. The van der Waals surface area contributed by atoms with E-state index in [9.17, 15) is 0 Å². The Hall–Kier alpha value is -7.36. The molecular formula is C55H38N2O. The van der Waals surface area contributed by atoms with Gasteiger partial charge in [-0.05, 0) is 104 Å². The SMILES string of the molecule is CC1(C)c2ccccc2-c2ccc(-c3cc(-c4cc(-c5ccc6c(c5)oc5ccccc56)cc(-c5ccccc5-c5ccccc5)c4)nc(-c4ccccc4)n3)cc21. The maximum Gasteiger partial charge on any atom is 0.160 e. The summed E-state index contributed by atoms with van der Waals surface area (Å²) in [5, 5.41) is 2.23. The molecule has 10 aromatic rings. The highest BCUT2D eigenvalue weighted by Gasteiger charge is 2.35. The molecule has 11 rings (SSSR count). The summed E-state index contributed by atoms with van der Waals surface area (Å²) in [6, 6.07) is 69.1. The van der Waals surface area contributed by atoms with Gasteiger partial charge in [-0.25, -0.2) is 9.97 Å². The van der Waals surface area contributed by atoms with Gasteiger partial charge in [-0.2, -0.15) is 0 Å². The molecule has 0 radical (unpaired) electrons. The second-order valence-electron chi connectivity index (χ2n) is 15.8. The molecule has 2 aromatic heterocycles. The second kappa shape index (κ2) is 13.4. The van der Waals surface area contributed by atoms with Crippen molar-refractivity contribution in [2.45, 2.75) is 19.3 Å². The first-order valence-electron chi connectivity index (χ1n) is 19.9. The molecule has 274 valence electrons. The summed E-state index contributed by atoms with van der Waals surface area (Å²) < 4.78 is 6.40. The molecule has 0 saturated heterocycles. The molecule has 0 unspecified atom stereocenters. The lowest BCUT2D eigenvalue weighted by molar-refractivity contribution is 0.660. The summed E-state index contributed by atoms with van der Waals surface area (Å²) in [6.07, 6.45) is 0. The third-order valence-electron chi connectivity index (χ3n) is 11.9. The van der Waals surface area contributed by atoms with E-state index in [1.54, 1.807) is 0 Å².